The van der Waals surface area contributed by atoms with Crippen LogP contribution in [0, 0.1) is 5.92 Å². The number of amides is 1. The molecule has 0 saturated carbocycles. The van der Waals surface area contributed by atoms with E-state index >= 15 is 0 Å². The van der Waals surface area contributed by atoms with Crippen molar-refractivity contribution in [2.75, 3.05) is 6.54 Å². The van der Waals surface area contributed by atoms with E-state index in [-0.39, 0.29) is 5.91 Å². The summed E-state index contributed by atoms with van der Waals surface area (Å²) in [6, 6.07) is -0.649. The van der Waals surface area contributed by atoms with E-state index in [0.29, 0.717) is 18.9 Å². The number of hydrogen-bond donors (Lipinski definition) is 1. The van der Waals surface area contributed by atoms with Crippen LogP contribution < -0.4 is 0 Å². The fourth-order valence-corrected chi connectivity index (χ4v) is 4.68. The molecule has 21 heavy (non-hydrogen) atoms. The molecule has 0 spiro atoms. The highest BCUT2D eigenvalue weighted by molar-refractivity contribution is 7.10. The monoisotopic (exact) mass is 307 g/mol. The van der Waals surface area contributed by atoms with Crippen molar-refractivity contribution in [1.82, 2.24) is 4.90 Å². The lowest BCUT2D eigenvalue weighted by molar-refractivity contribution is -0.143. The maximum atomic E-state index is 12.8. The molecule has 1 aromatic rings. The summed E-state index contributed by atoms with van der Waals surface area (Å²) >= 11 is 1.66. The standard InChI is InChI=1S/C16H21NO3S/c1-10-5-6-11-12(9-21-14(11)8-10)15(18)17-7-3-2-4-13(17)16(19)20/h9-10,13H,2-8H2,1H3,(H,19,20). The number of carboxylic acid groups (broad SMARTS) is 1. The molecule has 2 unspecified atom stereocenters. The minimum absolute atomic E-state index is 0.0749. The third kappa shape index (κ3) is 2.71. The van der Waals surface area contributed by atoms with E-state index < -0.39 is 12.0 Å². The van der Waals surface area contributed by atoms with Gasteiger partial charge in [0.15, 0.2) is 0 Å². The van der Waals surface area contributed by atoms with Crippen molar-refractivity contribution in [3.63, 3.8) is 0 Å². The Morgan fingerprint density at radius 2 is 2.14 bits per heavy atom. The number of thiophene rings is 1. The topological polar surface area (TPSA) is 57.6 Å². The minimum atomic E-state index is -0.874. The van der Waals surface area contributed by atoms with Crippen LogP contribution in [0.2, 0.25) is 0 Å². The number of carbonyl (C=O) groups is 2. The minimum Gasteiger partial charge on any atom is -0.480 e. The Morgan fingerprint density at radius 1 is 1.33 bits per heavy atom. The molecule has 1 aliphatic heterocycles. The lowest BCUT2D eigenvalue weighted by Crippen LogP contribution is -2.48. The molecule has 1 aromatic heterocycles. The first-order valence-corrected chi connectivity index (χ1v) is 8.59. The van der Waals surface area contributed by atoms with Gasteiger partial charge in [0.2, 0.25) is 0 Å². The van der Waals surface area contributed by atoms with Gasteiger partial charge < -0.3 is 10.0 Å². The Kier molecular flexibility index (Phi) is 4.02. The highest BCUT2D eigenvalue weighted by Crippen LogP contribution is 2.34. The van der Waals surface area contributed by atoms with E-state index in [1.807, 2.05) is 5.38 Å². The molecular formula is C16H21NO3S. The highest BCUT2D eigenvalue weighted by atomic mass is 32.1. The summed E-state index contributed by atoms with van der Waals surface area (Å²) in [7, 11) is 0. The zero-order valence-corrected chi connectivity index (χ0v) is 13.1. The van der Waals surface area contributed by atoms with Crippen LogP contribution >= 0.6 is 11.3 Å². The van der Waals surface area contributed by atoms with Gasteiger partial charge >= 0.3 is 5.97 Å². The summed E-state index contributed by atoms with van der Waals surface area (Å²) in [4.78, 5) is 27.1. The normalized spacial score (nSPS) is 25.5. The average molecular weight is 307 g/mol. The molecule has 1 N–H and O–H groups in total. The van der Waals surface area contributed by atoms with Crippen molar-refractivity contribution >= 4 is 23.2 Å². The smallest absolute Gasteiger partial charge is 0.326 e. The molecule has 4 nitrogen and oxygen atoms in total. The quantitative estimate of drug-likeness (QED) is 0.914. The second kappa shape index (κ2) is 5.79. The highest BCUT2D eigenvalue weighted by Gasteiger charge is 2.34. The number of piperidine rings is 1. The third-order valence-electron chi connectivity index (χ3n) is 4.68. The molecule has 2 atom stereocenters. The van der Waals surface area contributed by atoms with Gasteiger partial charge in [-0.3, -0.25) is 4.79 Å². The van der Waals surface area contributed by atoms with Gasteiger partial charge in [0.25, 0.3) is 5.91 Å². The summed E-state index contributed by atoms with van der Waals surface area (Å²) in [6.45, 7) is 2.81. The Hall–Kier alpha value is -1.36. The van der Waals surface area contributed by atoms with Crippen molar-refractivity contribution < 1.29 is 14.7 Å². The number of nitrogens with zero attached hydrogens (tertiary/aromatic N) is 1. The molecule has 0 radical (unpaired) electrons. The Balaban J connectivity index is 1.86. The molecule has 0 bridgehead atoms. The summed E-state index contributed by atoms with van der Waals surface area (Å²) < 4.78 is 0. The summed E-state index contributed by atoms with van der Waals surface area (Å²) in [5.41, 5.74) is 1.94. The van der Waals surface area contributed by atoms with E-state index in [1.165, 1.54) is 10.4 Å². The van der Waals surface area contributed by atoms with Crippen LogP contribution in [0.15, 0.2) is 5.38 Å². The molecule has 1 fully saturated rings. The fourth-order valence-electron chi connectivity index (χ4n) is 3.44. The van der Waals surface area contributed by atoms with E-state index in [0.717, 1.165) is 37.7 Å². The van der Waals surface area contributed by atoms with Crippen molar-refractivity contribution in [3.8, 4) is 0 Å². The summed E-state index contributed by atoms with van der Waals surface area (Å²) in [5.74, 6) is -0.268. The van der Waals surface area contributed by atoms with Crippen molar-refractivity contribution in [1.29, 1.82) is 0 Å². The predicted molar refractivity (Wildman–Crippen MR) is 81.8 cm³/mol. The number of carboxylic acids is 1. The van der Waals surface area contributed by atoms with Crippen LogP contribution in [0.25, 0.3) is 0 Å². The molecule has 0 aromatic carbocycles. The van der Waals surface area contributed by atoms with Gasteiger partial charge in [-0.25, -0.2) is 4.79 Å². The van der Waals surface area contributed by atoms with Gasteiger partial charge in [-0.2, -0.15) is 0 Å². The molecule has 1 aliphatic carbocycles. The largest absolute Gasteiger partial charge is 0.480 e. The Morgan fingerprint density at radius 3 is 2.90 bits per heavy atom. The van der Waals surface area contributed by atoms with Crippen LogP contribution in [0.4, 0.5) is 0 Å². The number of rotatable bonds is 2. The molecule has 5 heteroatoms. The second-order valence-electron chi connectivity index (χ2n) is 6.25. The van der Waals surface area contributed by atoms with Gasteiger partial charge in [-0.1, -0.05) is 6.92 Å². The SMILES string of the molecule is CC1CCc2c(C(=O)N3CCCCC3C(=O)O)csc2C1. The molecular weight excluding hydrogens is 286 g/mol. The van der Waals surface area contributed by atoms with E-state index in [9.17, 15) is 14.7 Å². The zero-order chi connectivity index (χ0) is 15.0. The number of likely N-dealkylation sites (tertiary alicyclic amines) is 1. The number of hydrogen-bond acceptors (Lipinski definition) is 3. The van der Waals surface area contributed by atoms with Gasteiger partial charge in [0, 0.05) is 16.8 Å². The summed E-state index contributed by atoms with van der Waals surface area (Å²) in [5, 5.41) is 11.3. The number of fused-ring (bicyclic) bond motifs is 1. The molecule has 1 amide bonds. The molecule has 2 aliphatic rings. The van der Waals surface area contributed by atoms with Gasteiger partial charge in [0.05, 0.1) is 5.56 Å². The Labute approximate surface area is 128 Å². The fraction of sp³-hybridized carbons (Fsp3) is 0.625. The third-order valence-corrected chi connectivity index (χ3v) is 5.73. The zero-order valence-electron chi connectivity index (χ0n) is 12.3. The van der Waals surface area contributed by atoms with Crippen LogP contribution in [0.3, 0.4) is 0 Å². The molecule has 3 rings (SSSR count). The first-order valence-electron chi connectivity index (χ1n) is 7.71. The van der Waals surface area contributed by atoms with Crippen LogP contribution in [0.1, 0.15) is 53.4 Å². The van der Waals surface area contributed by atoms with E-state index in [4.69, 9.17) is 0 Å². The molecule has 1 saturated heterocycles. The maximum absolute atomic E-state index is 12.8. The van der Waals surface area contributed by atoms with Crippen LogP contribution in [0.5, 0.6) is 0 Å². The summed E-state index contributed by atoms with van der Waals surface area (Å²) in [6.07, 6.45) is 5.48. The average Bonchev–Trinajstić information content (AvgIpc) is 2.89. The first-order chi connectivity index (χ1) is 10.1. The predicted octanol–water partition coefficient (Wildman–Crippen LogP) is 2.95. The Bertz CT molecular complexity index is 566. The maximum Gasteiger partial charge on any atom is 0.326 e. The van der Waals surface area contributed by atoms with Crippen LogP contribution in [-0.4, -0.2) is 34.5 Å². The van der Waals surface area contributed by atoms with Gasteiger partial charge in [0.1, 0.15) is 6.04 Å². The van der Waals surface area contributed by atoms with Gasteiger partial charge in [-0.05, 0) is 50.0 Å². The lowest BCUT2D eigenvalue weighted by Gasteiger charge is -2.33. The van der Waals surface area contributed by atoms with Crippen molar-refractivity contribution in [2.24, 2.45) is 5.92 Å². The van der Waals surface area contributed by atoms with Crippen molar-refractivity contribution in [3.05, 3.63) is 21.4 Å². The molecule has 114 valence electrons. The van der Waals surface area contributed by atoms with Crippen LogP contribution in [-0.2, 0) is 17.6 Å². The molecule has 2 heterocycles. The van der Waals surface area contributed by atoms with Gasteiger partial charge in [-0.15, -0.1) is 11.3 Å². The van der Waals surface area contributed by atoms with E-state index in [2.05, 4.69) is 6.92 Å². The van der Waals surface area contributed by atoms with Crippen molar-refractivity contribution in [2.45, 2.75) is 51.5 Å². The first kappa shape index (κ1) is 14.6. The number of carbonyl (C=O) groups excluding carboxylic acids is 1. The number of aliphatic carboxylic acids is 1. The second-order valence-corrected chi connectivity index (χ2v) is 7.21. The van der Waals surface area contributed by atoms with E-state index in [1.54, 1.807) is 16.2 Å². The lowest BCUT2D eigenvalue weighted by atomic mass is 9.88.